The molecular weight excluding hydrogens is 405 g/mol. The van der Waals surface area contributed by atoms with Gasteiger partial charge in [0, 0.05) is 18.2 Å². The molecule has 1 saturated heterocycles. The summed E-state index contributed by atoms with van der Waals surface area (Å²) in [5.74, 6) is -0.470. The van der Waals surface area contributed by atoms with E-state index in [0.29, 0.717) is 16.6 Å². The molecule has 0 radical (unpaired) electrons. The minimum atomic E-state index is -4.70. The Morgan fingerprint density at radius 1 is 1.21 bits per heavy atom. The number of aromatic nitrogens is 3. The van der Waals surface area contributed by atoms with Crippen LogP contribution < -0.4 is 0 Å². The average Bonchev–Trinajstić information content (AvgIpc) is 3.03. The third-order valence-electron chi connectivity index (χ3n) is 5.16. The highest BCUT2D eigenvalue weighted by atomic mass is 35.5. The van der Waals surface area contributed by atoms with Crippen LogP contribution in [0.2, 0.25) is 5.02 Å². The Labute approximate surface area is 170 Å². The van der Waals surface area contributed by atoms with Gasteiger partial charge in [0.05, 0.1) is 5.69 Å². The standard InChI is InChI=1S/C20H18ClF3N4O/c1-12-7-5-6-10-27(12)19(29)17-16(21)18-25-14(13-8-3-2-4-9-13)11-15(20(22,23)24)28(18)26-17/h2-4,8-9,11-12H,5-7,10H2,1H3. The smallest absolute Gasteiger partial charge is 0.335 e. The van der Waals surface area contributed by atoms with Crippen molar-refractivity contribution in [2.24, 2.45) is 0 Å². The van der Waals surface area contributed by atoms with Gasteiger partial charge in [-0.25, -0.2) is 9.50 Å². The van der Waals surface area contributed by atoms with Crippen LogP contribution in [0.5, 0.6) is 0 Å². The van der Waals surface area contributed by atoms with Crippen LogP contribution >= 0.6 is 11.6 Å². The Morgan fingerprint density at radius 3 is 2.59 bits per heavy atom. The number of fused-ring (bicyclic) bond motifs is 1. The molecule has 0 saturated carbocycles. The number of amides is 1. The van der Waals surface area contributed by atoms with Crippen LogP contribution in [0.25, 0.3) is 16.9 Å². The minimum absolute atomic E-state index is 0.0212. The molecule has 3 aromatic rings. The van der Waals surface area contributed by atoms with E-state index < -0.39 is 17.8 Å². The molecule has 29 heavy (non-hydrogen) atoms. The molecule has 1 unspecified atom stereocenters. The van der Waals surface area contributed by atoms with Crippen molar-refractivity contribution < 1.29 is 18.0 Å². The van der Waals surface area contributed by atoms with Crippen LogP contribution in [0, 0.1) is 0 Å². The van der Waals surface area contributed by atoms with Gasteiger partial charge in [-0.2, -0.15) is 18.3 Å². The molecule has 1 aliphatic heterocycles. The summed E-state index contributed by atoms with van der Waals surface area (Å²) >= 11 is 6.34. The molecule has 2 aromatic heterocycles. The first-order valence-corrected chi connectivity index (χ1v) is 9.68. The number of piperidine rings is 1. The molecular formula is C20H18ClF3N4O. The number of hydrogen-bond acceptors (Lipinski definition) is 3. The number of halogens is 4. The summed E-state index contributed by atoms with van der Waals surface area (Å²) in [5.41, 5.74) is -0.807. The Balaban J connectivity index is 1.89. The second kappa shape index (κ2) is 7.33. The van der Waals surface area contributed by atoms with Gasteiger partial charge in [-0.1, -0.05) is 41.9 Å². The van der Waals surface area contributed by atoms with Gasteiger partial charge in [0.1, 0.15) is 5.02 Å². The number of carbonyl (C=O) groups excluding carboxylic acids is 1. The maximum Gasteiger partial charge on any atom is 0.433 e. The molecule has 0 aliphatic carbocycles. The normalized spacial score (nSPS) is 17.7. The predicted octanol–water partition coefficient (Wildman–Crippen LogP) is 5.08. The van der Waals surface area contributed by atoms with Crippen LogP contribution in [-0.4, -0.2) is 38.0 Å². The van der Waals surface area contributed by atoms with E-state index in [1.165, 1.54) is 0 Å². The lowest BCUT2D eigenvalue weighted by atomic mass is 10.0. The highest BCUT2D eigenvalue weighted by Gasteiger charge is 2.37. The van der Waals surface area contributed by atoms with Crippen LogP contribution in [-0.2, 0) is 6.18 Å². The van der Waals surface area contributed by atoms with E-state index >= 15 is 0 Å². The topological polar surface area (TPSA) is 50.5 Å². The van der Waals surface area contributed by atoms with E-state index in [4.69, 9.17) is 11.6 Å². The van der Waals surface area contributed by atoms with Crippen molar-refractivity contribution in [3.63, 3.8) is 0 Å². The van der Waals surface area contributed by atoms with E-state index in [0.717, 1.165) is 25.3 Å². The van der Waals surface area contributed by atoms with E-state index in [9.17, 15) is 18.0 Å². The van der Waals surface area contributed by atoms with Crippen LogP contribution in [0.3, 0.4) is 0 Å². The number of alkyl halides is 3. The van der Waals surface area contributed by atoms with Gasteiger partial charge >= 0.3 is 6.18 Å². The summed E-state index contributed by atoms with van der Waals surface area (Å²) in [6.07, 6.45) is -2.02. The first kappa shape index (κ1) is 19.7. The first-order valence-electron chi connectivity index (χ1n) is 9.30. The molecule has 1 amide bonds. The molecule has 1 aliphatic rings. The Morgan fingerprint density at radius 2 is 1.93 bits per heavy atom. The van der Waals surface area contributed by atoms with E-state index in [2.05, 4.69) is 10.1 Å². The number of carbonyl (C=O) groups is 1. The number of rotatable bonds is 2. The molecule has 3 heterocycles. The summed E-state index contributed by atoms with van der Waals surface area (Å²) in [6, 6.07) is 9.39. The van der Waals surface area contributed by atoms with Gasteiger partial charge in [0.25, 0.3) is 5.91 Å². The van der Waals surface area contributed by atoms with Gasteiger partial charge < -0.3 is 4.90 Å². The highest BCUT2D eigenvalue weighted by Crippen LogP contribution is 2.35. The van der Waals surface area contributed by atoms with Gasteiger partial charge in [0.2, 0.25) is 0 Å². The van der Waals surface area contributed by atoms with Gasteiger partial charge in [-0.05, 0) is 32.3 Å². The largest absolute Gasteiger partial charge is 0.433 e. The van der Waals surface area contributed by atoms with Gasteiger partial charge in [-0.15, -0.1) is 0 Å². The van der Waals surface area contributed by atoms with Crippen molar-refractivity contribution >= 4 is 23.2 Å². The fraction of sp³-hybridized carbons (Fsp3) is 0.350. The molecule has 0 N–H and O–H groups in total. The molecule has 0 bridgehead atoms. The third kappa shape index (κ3) is 3.57. The van der Waals surface area contributed by atoms with Crippen molar-refractivity contribution in [3.05, 3.63) is 52.8 Å². The van der Waals surface area contributed by atoms with Crippen molar-refractivity contribution in [2.75, 3.05) is 6.54 Å². The summed E-state index contributed by atoms with van der Waals surface area (Å²) in [6.45, 7) is 2.44. The lowest BCUT2D eigenvalue weighted by Crippen LogP contribution is -2.42. The van der Waals surface area contributed by atoms with Crippen LogP contribution in [0.4, 0.5) is 13.2 Å². The molecule has 152 valence electrons. The lowest BCUT2D eigenvalue weighted by molar-refractivity contribution is -0.142. The average molecular weight is 423 g/mol. The number of likely N-dealkylation sites (tertiary alicyclic amines) is 1. The van der Waals surface area contributed by atoms with E-state index in [-0.39, 0.29) is 28.1 Å². The number of hydrogen-bond donors (Lipinski definition) is 0. The predicted molar refractivity (Wildman–Crippen MR) is 103 cm³/mol. The Kier molecular flexibility index (Phi) is 4.98. The van der Waals surface area contributed by atoms with E-state index in [1.54, 1.807) is 35.2 Å². The van der Waals surface area contributed by atoms with Crippen molar-refractivity contribution in [2.45, 2.75) is 38.4 Å². The maximum absolute atomic E-state index is 13.7. The van der Waals surface area contributed by atoms with Crippen LogP contribution in [0.1, 0.15) is 42.4 Å². The number of benzene rings is 1. The second-order valence-corrected chi connectivity index (χ2v) is 7.51. The second-order valence-electron chi connectivity index (χ2n) is 7.13. The highest BCUT2D eigenvalue weighted by molar-refractivity contribution is 6.36. The molecule has 9 heteroatoms. The zero-order chi connectivity index (χ0) is 20.8. The number of nitrogens with zero attached hydrogens (tertiary/aromatic N) is 4. The molecule has 1 fully saturated rings. The molecule has 5 nitrogen and oxygen atoms in total. The fourth-order valence-corrected chi connectivity index (χ4v) is 3.86. The fourth-order valence-electron chi connectivity index (χ4n) is 3.62. The zero-order valence-electron chi connectivity index (χ0n) is 15.6. The Hall–Kier alpha value is -2.61. The third-order valence-corrected chi connectivity index (χ3v) is 5.51. The molecule has 0 spiro atoms. The lowest BCUT2D eigenvalue weighted by Gasteiger charge is -2.32. The van der Waals surface area contributed by atoms with Crippen molar-refractivity contribution in [1.29, 1.82) is 0 Å². The molecule has 1 atom stereocenters. The first-order chi connectivity index (χ1) is 13.8. The summed E-state index contributed by atoms with van der Waals surface area (Å²) in [5, 5.41) is 3.76. The summed E-state index contributed by atoms with van der Waals surface area (Å²) in [7, 11) is 0. The molecule has 1 aromatic carbocycles. The summed E-state index contributed by atoms with van der Waals surface area (Å²) in [4.78, 5) is 18.9. The van der Waals surface area contributed by atoms with Crippen molar-refractivity contribution in [1.82, 2.24) is 19.5 Å². The summed E-state index contributed by atoms with van der Waals surface area (Å²) < 4.78 is 41.9. The quantitative estimate of drug-likeness (QED) is 0.578. The molecule has 4 rings (SSSR count). The van der Waals surface area contributed by atoms with E-state index in [1.807, 2.05) is 6.92 Å². The zero-order valence-corrected chi connectivity index (χ0v) is 16.3. The van der Waals surface area contributed by atoms with Gasteiger partial charge in [0.15, 0.2) is 17.0 Å². The SMILES string of the molecule is CC1CCCCN1C(=O)c1nn2c(C(F)(F)F)cc(-c3ccccc3)nc2c1Cl. The monoisotopic (exact) mass is 422 g/mol. The van der Waals surface area contributed by atoms with Crippen molar-refractivity contribution in [3.8, 4) is 11.3 Å². The Bertz CT molecular complexity index is 1070. The minimum Gasteiger partial charge on any atom is -0.335 e. The van der Waals surface area contributed by atoms with Crippen LogP contribution in [0.15, 0.2) is 36.4 Å². The van der Waals surface area contributed by atoms with Gasteiger partial charge in [-0.3, -0.25) is 4.79 Å². The maximum atomic E-state index is 13.7.